The highest BCUT2D eigenvalue weighted by atomic mass is 16.4. The maximum atomic E-state index is 10.0. The second-order valence-electron chi connectivity index (χ2n) is 1.82. The lowest BCUT2D eigenvalue weighted by Crippen LogP contribution is -2.21. The zero-order chi connectivity index (χ0) is 8.10. The number of nitrogens with one attached hydrogen (secondary N) is 1. The van der Waals surface area contributed by atoms with Crippen molar-refractivity contribution >= 4 is 6.09 Å². The molecule has 0 aliphatic carbocycles. The lowest BCUT2D eigenvalue weighted by molar-refractivity contribution is 0.193. The van der Waals surface area contributed by atoms with E-state index < -0.39 is 6.09 Å². The van der Waals surface area contributed by atoms with Crippen LogP contribution >= 0.6 is 0 Å². The molecule has 0 radical (unpaired) electrons. The first kappa shape index (κ1) is 7.46. The average Bonchev–Trinajstić information content (AvgIpc) is 2.03. The average molecular weight is 153 g/mol. The monoisotopic (exact) mass is 153 g/mol. The van der Waals surface area contributed by atoms with Gasteiger partial charge in [-0.15, -0.1) is 0 Å². The fourth-order valence-corrected chi connectivity index (χ4v) is 0.576. The standard InChI is InChI=1S/C6H7N3O2/c10-6(11)9-4-5-7-2-1-3-8-5/h1-3,9H,4H2,(H,10,11). The Morgan fingerprint density at radius 1 is 1.55 bits per heavy atom. The third-order valence-corrected chi connectivity index (χ3v) is 1.02. The Kier molecular flexibility index (Phi) is 2.37. The Bertz CT molecular complexity index is 237. The van der Waals surface area contributed by atoms with Crippen LogP contribution in [0.5, 0.6) is 0 Å². The van der Waals surface area contributed by atoms with Crippen LogP contribution in [-0.2, 0) is 6.54 Å². The van der Waals surface area contributed by atoms with Crippen molar-refractivity contribution in [2.24, 2.45) is 0 Å². The van der Waals surface area contributed by atoms with Gasteiger partial charge >= 0.3 is 6.09 Å². The molecule has 0 aliphatic rings. The molecule has 0 fully saturated rings. The van der Waals surface area contributed by atoms with E-state index in [2.05, 4.69) is 15.3 Å². The van der Waals surface area contributed by atoms with E-state index in [-0.39, 0.29) is 6.54 Å². The van der Waals surface area contributed by atoms with Crippen molar-refractivity contribution in [1.82, 2.24) is 15.3 Å². The van der Waals surface area contributed by atoms with Crippen LogP contribution in [-0.4, -0.2) is 21.2 Å². The summed E-state index contributed by atoms with van der Waals surface area (Å²) in [5.41, 5.74) is 0. The Morgan fingerprint density at radius 2 is 2.18 bits per heavy atom. The molecule has 11 heavy (non-hydrogen) atoms. The largest absolute Gasteiger partial charge is 0.465 e. The second kappa shape index (κ2) is 3.50. The van der Waals surface area contributed by atoms with Crippen molar-refractivity contribution in [2.45, 2.75) is 6.54 Å². The molecule has 0 bridgehead atoms. The van der Waals surface area contributed by atoms with E-state index in [1.807, 2.05) is 0 Å². The number of carboxylic acid groups (broad SMARTS) is 1. The number of rotatable bonds is 2. The quantitative estimate of drug-likeness (QED) is 0.638. The van der Waals surface area contributed by atoms with Gasteiger partial charge in [-0.05, 0) is 6.07 Å². The topological polar surface area (TPSA) is 75.1 Å². The summed E-state index contributed by atoms with van der Waals surface area (Å²) in [7, 11) is 0. The van der Waals surface area contributed by atoms with Crippen LogP contribution in [0.1, 0.15) is 5.82 Å². The van der Waals surface area contributed by atoms with Crippen molar-refractivity contribution in [3.05, 3.63) is 24.3 Å². The Morgan fingerprint density at radius 3 is 2.73 bits per heavy atom. The van der Waals surface area contributed by atoms with Crippen LogP contribution in [0, 0.1) is 0 Å². The van der Waals surface area contributed by atoms with Gasteiger partial charge in [0.15, 0.2) is 0 Å². The summed E-state index contributed by atoms with van der Waals surface area (Å²) in [6, 6.07) is 1.67. The molecule has 5 nitrogen and oxygen atoms in total. The molecule has 1 aromatic rings. The fraction of sp³-hybridized carbons (Fsp3) is 0.167. The van der Waals surface area contributed by atoms with Crippen molar-refractivity contribution in [3.63, 3.8) is 0 Å². The summed E-state index contributed by atoms with van der Waals surface area (Å²) in [6.45, 7) is 0.149. The van der Waals surface area contributed by atoms with Gasteiger partial charge in [-0.2, -0.15) is 0 Å². The molecule has 0 unspecified atom stereocenters. The molecule has 5 heteroatoms. The molecule has 1 rings (SSSR count). The highest BCUT2D eigenvalue weighted by Gasteiger charge is 1.96. The van der Waals surface area contributed by atoms with Crippen LogP contribution in [0.15, 0.2) is 18.5 Å². The van der Waals surface area contributed by atoms with Gasteiger partial charge in [0.1, 0.15) is 5.82 Å². The number of amides is 1. The molecule has 58 valence electrons. The molecular weight excluding hydrogens is 146 g/mol. The summed E-state index contributed by atoms with van der Waals surface area (Å²) in [4.78, 5) is 17.6. The fourth-order valence-electron chi connectivity index (χ4n) is 0.576. The molecule has 2 N–H and O–H groups in total. The second-order valence-corrected chi connectivity index (χ2v) is 1.82. The molecule has 0 aliphatic heterocycles. The van der Waals surface area contributed by atoms with Gasteiger partial charge < -0.3 is 10.4 Å². The Hall–Kier alpha value is -1.65. The van der Waals surface area contributed by atoms with E-state index in [0.717, 1.165) is 0 Å². The van der Waals surface area contributed by atoms with Gasteiger partial charge in [0.05, 0.1) is 6.54 Å². The van der Waals surface area contributed by atoms with E-state index in [4.69, 9.17) is 5.11 Å². The third-order valence-electron chi connectivity index (χ3n) is 1.02. The highest BCUT2D eigenvalue weighted by Crippen LogP contribution is 1.84. The van der Waals surface area contributed by atoms with Crippen molar-refractivity contribution in [1.29, 1.82) is 0 Å². The van der Waals surface area contributed by atoms with Crippen molar-refractivity contribution in [3.8, 4) is 0 Å². The summed E-state index contributed by atoms with van der Waals surface area (Å²) in [5.74, 6) is 0.468. The number of aromatic nitrogens is 2. The molecular formula is C6H7N3O2. The first-order valence-corrected chi connectivity index (χ1v) is 3.02. The van der Waals surface area contributed by atoms with Crippen molar-refractivity contribution in [2.75, 3.05) is 0 Å². The molecule has 1 aromatic heterocycles. The minimum Gasteiger partial charge on any atom is -0.465 e. The van der Waals surface area contributed by atoms with E-state index in [0.29, 0.717) is 5.82 Å². The van der Waals surface area contributed by atoms with Gasteiger partial charge in [0.25, 0.3) is 0 Å². The van der Waals surface area contributed by atoms with E-state index >= 15 is 0 Å². The van der Waals surface area contributed by atoms with E-state index in [1.165, 1.54) is 0 Å². The normalized spacial score (nSPS) is 9.09. The third kappa shape index (κ3) is 2.61. The van der Waals surface area contributed by atoms with E-state index in [1.54, 1.807) is 18.5 Å². The molecule has 0 atom stereocenters. The summed E-state index contributed by atoms with van der Waals surface area (Å²) < 4.78 is 0. The first-order chi connectivity index (χ1) is 5.29. The molecule has 0 saturated carbocycles. The van der Waals surface area contributed by atoms with Crippen LogP contribution in [0.2, 0.25) is 0 Å². The van der Waals surface area contributed by atoms with Crippen LogP contribution < -0.4 is 5.32 Å². The van der Waals surface area contributed by atoms with Crippen LogP contribution in [0.3, 0.4) is 0 Å². The number of nitrogens with zero attached hydrogens (tertiary/aromatic N) is 2. The molecule has 0 aromatic carbocycles. The van der Waals surface area contributed by atoms with Gasteiger partial charge in [-0.3, -0.25) is 0 Å². The zero-order valence-corrected chi connectivity index (χ0v) is 5.69. The lowest BCUT2D eigenvalue weighted by Gasteiger charge is -1.96. The predicted molar refractivity (Wildman–Crippen MR) is 36.9 cm³/mol. The van der Waals surface area contributed by atoms with Gasteiger partial charge in [-0.1, -0.05) is 0 Å². The Balaban J connectivity index is 2.45. The number of hydrogen-bond donors (Lipinski definition) is 2. The molecule has 1 amide bonds. The van der Waals surface area contributed by atoms with Gasteiger partial charge in [0, 0.05) is 12.4 Å². The lowest BCUT2D eigenvalue weighted by atomic mass is 10.5. The summed E-state index contributed by atoms with van der Waals surface area (Å²) in [5, 5.41) is 10.4. The smallest absolute Gasteiger partial charge is 0.405 e. The van der Waals surface area contributed by atoms with Crippen molar-refractivity contribution < 1.29 is 9.90 Å². The minimum absolute atomic E-state index is 0.149. The highest BCUT2D eigenvalue weighted by molar-refractivity contribution is 5.64. The number of hydrogen-bond acceptors (Lipinski definition) is 3. The van der Waals surface area contributed by atoms with Gasteiger partial charge in [0.2, 0.25) is 0 Å². The SMILES string of the molecule is O=C(O)NCc1ncccn1. The van der Waals surface area contributed by atoms with Gasteiger partial charge in [-0.25, -0.2) is 14.8 Å². The predicted octanol–water partition coefficient (Wildman–Crippen LogP) is 0.244. The molecule has 1 heterocycles. The number of carbonyl (C=O) groups is 1. The zero-order valence-electron chi connectivity index (χ0n) is 5.69. The maximum Gasteiger partial charge on any atom is 0.405 e. The summed E-state index contributed by atoms with van der Waals surface area (Å²) >= 11 is 0. The van der Waals surface area contributed by atoms with E-state index in [9.17, 15) is 4.79 Å². The molecule has 0 saturated heterocycles. The summed E-state index contributed by atoms with van der Waals surface area (Å²) in [6.07, 6.45) is 2.05. The minimum atomic E-state index is -1.07. The maximum absolute atomic E-state index is 10.0. The molecule has 0 spiro atoms. The van der Waals surface area contributed by atoms with Crippen LogP contribution in [0.25, 0.3) is 0 Å². The van der Waals surface area contributed by atoms with Crippen LogP contribution in [0.4, 0.5) is 4.79 Å². The Labute approximate surface area is 63.1 Å². The first-order valence-electron chi connectivity index (χ1n) is 3.02.